The Balaban J connectivity index is 2.11. The Kier molecular flexibility index (Phi) is 4.56. The minimum atomic E-state index is -3.29. The Bertz CT molecular complexity index is 1120. The quantitative estimate of drug-likeness (QED) is 0.659. The van der Waals surface area contributed by atoms with Crippen LogP contribution in [0.1, 0.15) is 11.1 Å². The lowest BCUT2D eigenvalue weighted by Gasteiger charge is -2.08. The average molecular weight is 365 g/mol. The fourth-order valence-corrected chi connectivity index (χ4v) is 2.89. The first kappa shape index (κ1) is 17.4. The summed E-state index contributed by atoms with van der Waals surface area (Å²) in [5, 5.41) is 0. The van der Waals surface area contributed by atoms with Crippen molar-refractivity contribution in [3.05, 3.63) is 59.9 Å². The van der Waals surface area contributed by atoms with Gasteiger partial charge in [0, 0.05) is 29.8 Å². The number of rotatable bonds is 2. The van der Waals surface area contributed by atoms with Crippen molar-refractivity contribution in [1.29, 1.82) is 0 Å². The molecule has 26 heavy (non-hydrogen) atoms. The number of nitrogens with two attached hydrogens (primary N) is 2. The van der Waals surface area contributed by atoms with Gasteiger partial charge in [-0.3, -0.25) is 4.98 Å². The van der Waals surface area contributed by atoms with Crippen LogP contribution in [0.4, 0.5) is 11.8 Å². The molecule has 0 unspecified atom stereocenters. The lowest BCUT2D eigenvalue weighted by atomic mass is 10.1. The summed E-state index contributed by atoms with van der Waals surface area (Å²) in [6.45, 7) is 0. The Morgan fingerprint density at radius 3 is 2.35 bits per heavy atom. The number of hydrogen-bond acceptors (Lipinski definition) is 7. The molecule has 1 aromatic carbocycles. The average Bonchev–Trinajstić information content (AvgIpc) is 2.60. The van der Waals surface area contributed by atoms with Crippen LogP contribution < -0.4 is 11.5 Å². The highest BCUT2D eigenvalue weighted by atomic mass is 32.2. The highest BCUT2D eigenvalue weighted by Gasteiger charge is 2.13. The molecular formula is C18H15N5O2S. The lowest BCUT2D eigenvalue weighted by molar-refractivity contribution is 0.602. The standard InChI is InChI=1S/C18H15N5O2S/c1-26(24,25)14-7-5-13(6-8-14)16-15(17(19)23-18(20)22-16)9-4-12-3-2-10-21-11-12/h2-3,5-8,10-11H,1H3,(H4,19,20,22,23). The van der Waals surface area contributed by atoms with Crippen LogP contribution >= 0.6 is 0 Å². The van der Waals surface area contributed by atoms with Crippen LogP contribution in [0.3, 0.4) is 0 Å². The molecular weight excluding hydrogens is 350 g/mol. The third kappa shape index (κ3) is 3.79. The van der Waals surface area contributed by atoms with Gasteiger partial charge in [0.1, 0.15) is 5.82 Å². The van der Waals surface area contributed by atoms with Gasteiger partial charge in [-0.15, -0.1) is 0 Å². The van der Waals surface area contributed by atoms with Crippen molar-refractivity contribution < 1.29 is 8.42 Å². The predicted octanol–water partition coefficient (Wildman–Crippen LogP) is 1.51. The van der Waals surface area contributed by atoms with Gasteiger partial charge in [0.15, 0.2) is 9.84 Å². The van der Waals surface area contributed by atoms with Crippen LogP contribution in [0.5, 0.6) is 0 Å². The van der Waals surface area contributed by atoms with E-state index in [0.717, 1.165) is 6.26 Å². The summed E-state index contributed by atoms with van der Waals surface area (Å²) >= 11 is 0. The first-order valence-electron chi connectivity index (χ1n) is 7.50. The maximum absolute atomic E-state index is 11.6. The second kappa shape index (κ2) is 6.82. The minimum absolute atomic E-state index is 0.0108. The molecule has 2 heterocycles. The number of nitrogens with zero attached hydrogens (tertiary/aromatic N) is 3. The zero-order chi connectivity index (χ0) is 18.7. The first-order valence-corrected chi connectivity index (χ1v) is 9.39. The van der Waals surface area contributed by atoms with Crippen LogP contribution in [0.15, 0.2) is 53.7 Å². The van der Waals surface area contributed by atoms with Crippen molar-refractivity contribution in [1.82, 2.24) is 15.0 Å². The normalized spacial score (nSPS) is 10.8. The molecule has 4 N–H and O–H groups in total. The van der Waals surface area contributed by atoms with Gasteiger partial charge < -0.3 is 11.5 Å². The number of nitrogen functional groups attached to an aromatic ring is 2. The van der Waals surface area contributed by atoms with Gasteiger partial charge in [0.25, 0.3) is 0 Å². The van der Waals surface area contributed by atoms with E-state index >= 15 is 0 Å². The molecule has 0 saturated heterocycles. The summed E-state index contributed by atoms with van der Waals surface area (Å²) in [5.74, 6) is 6.07. The van der Waals surface area contributed by atoms with Gasteiger partial charge in [-0.05, 0) is 24.3 Å². The zero-order valence-electron chi connectivity index (χ0n) is 13.8. The van der Waals surface area contributed by atoms with E-state index in [2.05, 4.69) is 26.8 Å². The maximum Gasteiger partial charge on any atom is 0.222 e. The van der Waals surface area contributed by atoms with Crippen LogP contribution in [0.25, 0.3) is 11.3 Å². The number of sulfone groups is 1. The van der Waals surface area contributed by atoms with Crippen molar-refractivity contribution >= 4 is 21.6 Å². The van der Waals surface area contributed by atoms with Gasteiger partial charge >= 0.3 is 0 Å². The molecule has 0 aliphatic carbocycles. The van der Waals surface area contributed by atoms with Crippen LogP contribution in [-0.2, 0) is 9.84 Å². The molecule has 7 nitrogen and oxygen atoms in total. The molecule has 0 atom stereocenters. The van der Waals surface area contributed by atoms with Crippen LogP contribution in [-0.4, -0.2) is 29.6 Å². The molecule has 0 aliphatic heterocycles. The SMILES string of the molecule is CS(=O)(=O)c1ccc(-c2nc(N)nc(N)c2C#Cc2cccnc2)cc1. The Hall–Kier alpha value is -3.44. The fourth-order valence-electron chi connectivity index (χ4n) is 2.26. The van der Waals surface area contributed by atoms with Crippen LogP contribution in [0, 0.1) is 11.8 Å². The number of aromatic nitrogens is 3. The van der Waals surface area contributed by atoms with E-state index in [1.807, 2.05) is 6.07 Å². The molecule has 3 aromatic rings. The molecule has 0 amide bonds. The van der Waals surface area contributed by atoms with Gasteiger partial charge in [-0.1, -0.05) is 24.0 Å². The third-order valence-electron chi connectivity index (χ3n) is 3.50. The first-order chi connectivity index (χ1) is 12.3. The highest BCUT2D eigenvalue weighted by molar-refractivity contribution is 7.90. The van der Waals surface area contributed by atoms with Gasteiger partial charge in [-0.25, -0.2) is 13.4 Å². The topological polar surface area (TPSA) is 125 Å². The molecule has 2 aromatic heterocycles. The van der Waals surface area contributed by atoms with E-state index in [9.17, 15) is 8.42 Å². The third-order valence-corrected chi connectivity index (χ3v) is 4.63. The smallest absolute Gasteiger partial charge is 0.222 e. The predicted molar refractivity (Wildman–Crippen MR) is 99.6 cm³/mol. The molecule has 0 spiro atoms. The second-order valence-corrected chi connectivity index (χ2v) is 7.49. The summed E-state index contributed by atoms with van der Waals surface area (Å²) < 4.78 is 23.2. The number of anilines is 2. The Morgan fingerprint density at radius 2 is 1.73 bits per heavy atom. The van der Waals surface area contributed by atoms with E-state index in [-0.39, 0.29) is 16.7 Å². The minimum Gasteiger partial charge on any atom is -0.382 e. The van der Waals surface area contributed by atoms with Crippen molar-refractivity contribution in [3.8, 4) is 23.1 Å². The molecule has 0 radical (unpaired) electrons. The zero-order valence-corrected chi connectivity index (χ0v) is 14.7. The maximum atomic E-state index is 11.6. The Morgan fingerprint density at radius 1 is 1.00 bits per heavy atom. The summed E-state index contributed by atoms with van der Waals surface area (Å²) in [5.41, 5.74) is 13.9. The Labute approximate surface area is 151 Å². The van der Waals surface area contributed by atoms with E-state index in [0.29, 0.717) is 22.4 Å². The highest BCUT2D eigenvalue weighted by Crippen LogP contribution is 2.26. The summed E-state index contributed by atoms with van der Waals surface area (Å²) in [7, 11) is -3.29. The second-order valence-electron chi connectivity index (χ2n) is 5.48. The fraction of sp³-hybridized carbons (Fsp3) is 0.0556. The van der Waals surface area contributed by atoms with Crippen molar-refractivity contribution in [3.63, 3.8) is 0 Å². The van der Waals surface area contributed by atoms with Crippen molar-refractivity contribution in [2.75, 3.05) is 17.7 Å². The largest absolute Gasteiger partial charge is 0.382 e. The van der Waals surface area contributed by atoms with Gasteiger partial charge in [0.2, 0.25) is 5.95 Å². The molecule has 0 bridgehead atoms. The number of pyridine rings is 1. The van der Waals surface area contributed by atoms with E-state index in [4.69, 9.17) is 11.5 Å². The molecule has 0 aliphatic rings. The summed E-state index contributed by atoms with van der Waals surface area (Å²) in [6.07, 6.45) is 4.43. The number of hydrogen-bond donors (Lipinski definition) is 2. The van der Waals surface area contributed by atoms with E-state index in [1.54, 1.807) is 30.6 Å². The molecule has 3 rings (SSSR count). The van der Waals surface area contributed by atoms with Crippen molar-refractivity contribution in [2.45, 2.75) is 4.90 Å². The van der Waals surface area contributed by atoms with Crippen molar-refractivity contribution in [2.24, 2.45) is 0 Å². The summed E-state index contributed by atoms with van der Waals surface area (Å²) in [6, 6.07) is 9.85. The molecule has 8 heteroatoms. The van der Waals surface area contributed by atoms with Gasteiger partial charge in [-0.2, -0.15) is 4.98 Å². The molecule has 0 fully saturated rings. The number of benzene rings is 1. The molecule has 0 saturated carbocycles. The summed E-state index contributed by atoms with van der Waals surface area (Å²) in [4.78, 5) is 12.4. The monoisotopic (exact) mass is 365 g/mol. The van der Waals surface area contributed by atoms with Gasteiger partial charge in [0.05, 0.1) is 16.2 Å². The van der Waals surface area contributed by atoms with E-state index in [1.165, 1.54) is 12.1 Å². The lowest BCUT2D eigenvalue weighted by Crippen LogP contribution is -2.05. The van der Waals surface area contributed by atoms with Crippen LogP contribution in [0.2, 0.25) is 0 Å². The molecule has 130 valence electrons. The van der Waals surface area contributed by atoms with E-state index < -0.39 is 9.84 Å².